The maximum atomic E-state index is 11.2. The average molecular weight is 230 g/mol. The van der Waals surface area contributed by atoms with E-state index in [-0.39, 0.29) is 11.7 Å². The molecule has 0 aliphatic heterocycles. The van der Waals surface area contributed by atoms with Crippen molar-refractivity contribution >= 4 is 17.7 Å². The molecular weight excluding hydrogens is 216 g/mol. The topological polar surface area (TPSA) is 65.2 Å². The van der Waals surface area contributed by atoms with Gasteiger partial charge in [-0.1, -0.05) is 6.92 Å². The molecule has 0 N–H and O–H groups in total. The van der Waals surface area contributed by atoms with Crippen LogP contribution in [0.5, 0.6) is 0 Å². The summed E-state index contributed by atoms with van der Waals surface area (Å²) in [4.78, 5) is 15.2. The van der Waals surface area contributed by atoms with E-state index in [4.69, 9.17) is 9.26 Å². The molecule has 1 aromatic rings. The van der Waals surface area contributed by atoms with Crippen LogP contribution in [-0.4, -0.2) is 34.7 Å². The number of ether oxygens (including phenoxy) is 1. The molecule has 0 aliphatic rings. The van der Waals surface area contributed by atoms with Crippen molar-refractivity contribution in [1.29, 1.82) is 0 Å². The lowest BCUT2D eigenvalue weighted by Crippen LogP contribution is -2.07. The van der Waals surface area contributed by atoms with Gasteiger partial charge in [0, 0.05) is 11.7 Å². The Kier molecular flexibility index (Phi) is 4.61. The largest absolute Gasteiger partial charge is 0.460 e. The normalized spacial score (nSPS) is 12.5. The summed E-state index contributed by atoms with van der Waals surface area (Å²) >= 11 is 1.69. The Morgan fingerprint density at radius 2 is 2.40 bits per heavy atom. The molecule has 0 amide bonds. The Labute approximate surface area is 92.6 Å². The molecule has 1 rings (SSSR count). The third kappa shape index (κ3) is 3.23. The van der Waals surface area contributed by atoms with Gasteiger partial charge < -0.3 is 9.26 Å². The number of carbonyl (C=O) groups is 1. The van der Waals surface area contributed by atoms with E-state index < -0.39 is 5.97 Å². The lowest BCUT2D eigenvalue weighted by molar-refractivity contribution is 0.0508. The second-order valence-electron chi connectivity index (χ2n) is 3.03. The highest BCUT2D eigenvalue weighted by Gasteiger charge is 2.18. The summed E-state index contributed by atoms with van der Waals surface area (Å²) in [5.41, 5.74) is 0. The predicted molar refractivity (Wildman–Crippen MR) is 57.1 cm³/mol. The van der Waals surface area contributed by atoms with E-state index in [1.54, 1.807) is 18.7 Å². The fourth-order valence-corrected chi connectivity index (χ4v) is 1.68. The van der Waals surface area contributed by atoms with Gasteiger partial charge in [0.25, 0.3) is 5.82 Å². The number of nitrogens with zero attached hydrogens (tertiary/aromatic N) is 2. The van der Waals surface area contributed by atoms with Crippen molar-refractivity contribution in [1.82, 2.24) is 10.1 Å². The Bertz CT molecular complexity index is 327. The minimum Gasteiger partial charge on any atom is -0.460 e. The van der Waals surface area contributed by atoms with Crippen LogP contribution in [0.25, 0.3) is 0 Å². The molecule has 1 aromatic heterocycles. The molecule has 1 unspecified atom stereocenters. The van der Waals surface area contributed by atoms with Crippen LogP contribution < -0.4 is 0 Å². The first kappa shape index (κ1) is 12.0. The zero-order chi connectivity index (χ0) is 11.3. The van der Waals surface area contributed by atoms with Crippen molar-refractivity contribution in [2.24, 2.45) is 0 Å². The Morgan fingerprint density at radius 3 is 3.00 bits per heavy atom. The Morgan fingerprint density at radius 1 is 1.67 bits per heavy atom. The second kappa shape index (κ2) is 5.75. The van der Waals surface area contributed by atoms with Gasteiger partial charge in [0.05, 0.1) is 6.61 Å². The molecule has 15 heavy (non-hydrogen) atoms. The summed E-state index contributed by atoms with van der Waals surface area (Å²) in [6.45, 7) is 4.01. The number of esters is 1. The molecule has 0 aliphatic carbocycles. The maximum Gasteiger partial charge on any atom is 0.379 e. The minimum atomic E-state index is -0.538. The first-order valence-corrected chi connectivity index (χ1v) is 6.08. The molecule has 0 aromatic carbocycles. The van der Waals surface area contributed by atoms with Gasteiger partial charge in [-0.15, -0.1) is 0 Å². The van der Waals surface area contributed by atoms with Gasteiger partial charge in [-0.05, 0) is 18.3 Å². The first-order valence-electron chi connectivity index (χ1n) is 4.68. The smallest absolute Gasteiger partial charge is 0.379 e. The first-order chi connectivity index (χ1) is 7.19. The number of hydrogen-bond donors (Lipinski definition) is 0. The van der Waals surface area contributed by atoms with Crippen LogP contribution in [0.4, 0.5) is 0 Å². The van der Waals surface area contributed by atoms with Gasteiger partial charge in [-0.25, -0.2) is 4.79 Å². The van der Waals surface area contributed by atoms with E-state index in [0.29, 0.717) is 12.5 Å². The third-order valence-corrected chi connectivity index (χ3v) is 2.57. The van der Waals surface area contributed by atoms with Crippen LogP contribution in [0.15, 0.2) is 4.52 Å². The number of carbonyl (C=O) groups excluding carboxylic acids is 1. The van der Waals surface area contributed by atoms with Crippen LogP contribution in [-0.2, 0) is 4.74 Å². The number of rotatable bonds is 5. The highest BCUT2D eigenvalue weighted by atomic mass is 32.2. The molecule has 84 valence electrons. The summed E-state index contributed by atoms with van der Waals surface area (Å²) in [6, 6.07) is 0. The van der Waals surface area contributed by atoms with Crippen molar-refractivity contribution in [2.75, 3.05) is 18.6 Å². The van der Waals surface area contributed by atoms with Gasteiger partial charge in [0.15, 0.2) is 0 Å². The van der Waals surface area contributed by atoms with E-state index in [1.165, 1.54) is 0 Å². The van der Waals surface area contributed by atoms with Gasteiger partial charge in [-0.3, -0.25) is 0 Å². The zero-order valence-corrected chi connectivity index (χ0v) is 9.84. The standard InChI is InChI=1S/C9H14N2O3S/c1-4-13-9(12)7-10-8(14-11-7)6(2)5-15-3/h6H,4-5H2,1-3H3. The van der Waals surface area contributed by atoms with Gasteiger partial charge in [-0.2, -0.15) is 16.7 Å². The molecule has 1 atom stereocenters. The van der Waals surface area contributed by atoms with Crippen molar-refractivity contribution in [3.63, 3.8) is 0 Å². The highest BCUT2D eigenvalue weighted by molar-refractivity contribution is 7.98. The number of thioether (sulfide) groups is 1. The summed E-state index contributed by atoms with van der Waals surface area (Å²) in [7, 11) is 0. The van der Waals surface area contributed by atoms with Crippen LogP contribution in [0.2, 0.25) is 0 Å². The van der Waals surface area contributed by atoms with Crippen molar-refractivity contribution in [3.8, 4) is 0 Å². The fourth-order valence-electron chi connectivity index (χ4n) is 1.04. The van der Waals surface area contributed by atoms with Crippen LogP contribution in [0.1, 0.15) is 36.3 Å². The van der Waals surface area contributed by atoms with Crippen molar-refractivity contribution in [2.45, 2.75) is 19.8 Å². The van der Waals surface area contributed by atoms with Crippen LogP contribution in [0.3, 0.4) is 0 Å². The van der Waals surface area contributed by atoms with E-state index >= 15 is 0 Å². The lowest BCUT2D eigenvalue weighted by Gasteiger charge is -2.01. The lowest BCUT2D eigenvalue weighted by atomic mass is 10.2. The summed E-state index contributed by atoms with van der Waals surface area (Å²) in [5, 5.41) is 3.57. The summed E-state index contributed by atoms with van der Waals surface area (Å²) < 4.78 is 9.72. The van der Waals surface area contributed by atoms with Gasteiger partial charge in [0.1, 0.15) is 0 Å². The number of aromatic nitrogens is 2. The van der Waals surface area contributed by atoms with Gasteiger partial charge >= 0.3 is 5.97 Å². The van der Waals surface area contributed by atoms with Crippen molar-refractivity contribution < 1.29 is 14.1 Å². The van der Waals surface area contributed by atoms with E-state index in [0.717, 1.165) is 5.75 Å². The Hall–Kier alpha value is -1.04. The van der Waals surface area contributed by atoms with E-state index in [2.05, 4.69) is 10.1 Å². The third-order valence-electron chi connectivity index (χ3n) is 1.74. The second-order valence-corrected chi connectivity index (χ2v) is 3.94. The predicted octanol–water partition coefficient (Wildman–Crippen LogP) is 1.71. The molecule has 0 bridgehead atoms. The SMILES string of the molecule is CCOC(=O)c1noc(C(C)CSC)n1. The molecule has 5 nitrogen and oxygen atoms in total. The van der Waals surface area contributed by atoms with E-state index in [9.17, 15) is 4.79 Å². The Balaban J connectivity index is 2.67. The van der Waals surface area contributed by atoms with Crippen molar-refractivity contribution in [3.05, 3.63) is 11.7 Å². The molecule has 0 spiro atoms. The molecule has 0 saturated carbocycles. The summed E-state index contributed by atoms with van der Waals surface area (Å²) in [6.07, 6.45) is 2.00. The van der Waals surface area contributed by atoms with E-state index in [1.807, 2.05) is 13.2 Å². The monoisotopic (exact) mass is 230 g/mol. The quantitative estimate of drug-likeness (QED) is 0.717. The molecule has 6 heteroatoms. The molecular formula is C9H14N2O3S. The summed E-state index contributed by atoms with van der Waals surface area (Å²) in [5.74, 6) is 0.969. The zero-order valence-electron chi connectivity index (χ0n) is 9.02. The molecule has 0 radical (unpaired) electrons. The molecule has 0 saturated heterocycles. The fraction of sp³-hybridized carbons (Fsp3) is 0.667. The maximum absolute atomic E-state index is 11.2. The van der Waals surface area contributed by atoms with Crippen LogP contribution >= 0.6 is 11.8 Å². The minimum absolute atomic E-state index is 0.000182. The molecule has 1 heterocycles. The highest BCUT2D eigenvalue weighted by Crippen LogP contribution is 2.17. The average Bonchev–Trinajstić information content (AvgIpc) is 2.67. The number of hydrogen-bond acceptors (Lipinski definition) is 6. The van der Waals surface area contributed by atoms with Gasteiger partial charge in [0.2, 0.25) is 5.89 Å². The molecule has 0 fully saturated rings. The van der Waals surface area contributed by atoms with Crippen LogP contribution in [0, 0.1) is 0 Å².